The van der Waals surface area contributed by atoms with E-state index < -0.39 is 42.1 Å². The molecule has 4 atom stereocenters. The number of hydrogen-bond acceptors (Lipinski definition) is 8. The van der Waals surface area contributed by atoms with Crippen LogP contribution < -0.4 is 9.47 Å². The molecule has 8 heteroatoms. The van der Waals surface area contributed by atoms with Gasteiger partial charge in [0.15, 0.2) is 11.5 Å². The molecule has 8 nitrogen and oxygen atoms in total. The van der Waals surface area contributed by atoms with E-state index in [9.17, 15) is 14.4 Å². The number of methoxy groups -OCH3 is 2. The Morgan fingerprint density at radius 1 is 1.06 bits per heavy atom. The van der Waals surface area contributed by atoms with E-state index in [4.69, 9.17) is 23.7 Å². The van der Waals surface area contributed by atoms with Gasteiger partial charge in [0.2, 0.25) is 0 Å². The van der Waals surface area contributed by atoms with Crippen molar-refractivity contribution < 1.29 is 38.1 Å². The zero-order valence-electron chi connectivity index (χ0n) is 19.2. The Kier molecular flexibility index (Phi) is 6.58. The van der Waals surface area contributed by atoms with Crippen LogP contribution in [0.25, 0.3) is 6.08 Å². The molecule has 3 aliphatic rings. The number of carbonyl (C=O) groups is 3. The lowest BCUT2D eigenvalue weighted by molar-refractivity contribution is -0.145. The zero-order valence-corrected chi connectivity index (χ0v) is 19.2. The number of benzene rings is 1. The van der Waals surface area contributed by atoms with Gasteiger partial charge in [-0.15, -0.1) is 0 Å². The van der Waals surface area contributed by atoms with Crippen LogP contribution in [0.1, 0.15) is 25.3 Å². The molecular weight excluding hydrogens is 440 g/mol. The van der Waals surface area contributed by atoms with Crippen molar-refractivity contribution in [3.63, 3.8) is 0 Å². The third kappa shape index (κ3) is 4.76. The van der Waals surface area contributed by atoms with Gasteiger partial charge in [0, 0.05) is 30.1 Å². The van der Waals surface area contributed by atoms with Gasteiger partial charge in [-0.3, -0.25) is 0 Å². The summed E-state index contributed by atoms with van der Waals surface area (Å²) in [6, 6.07) is 5.25. The van der Waals surface area contributed by atoms with Crippen LogP contribution in [0.15, 0.2) is 59.7 Å². The van der Waals surface area contributed by atoms with E-state index in [0.29, 0.717) is 29.1 Å². The SMILES string of the molecule is C=C1C(=O)OC2CC3=C[C@@H](C/C(C)=C/C(OC(=O)/C=C/c4ccc(OC)c(OC)c4)[C@H]12)OC3=O. The maximum atomic E-state index is 12.8. The minimum atomic E-state index is -0.792. The van der Waals surface area contributed by atoms with Gasteiger partial charge in [0.1, 0.15) is 18.3 Å². The summed E-state index contributed by atoms with van der Waals surface area (Å²) in [4.78, 5) is 37.3. The van der Waals surface area contributed by atoms with Gasteiger partial charge >= 0.3 is 17.9 Å². The van der Waals surface area contributed by atoms with E-state index in [1.807, 2.05) is 6.92 Å². The molecule has 34 heavy (non-hydrogen) atoms. The molecule has 2 bridgehead atoms. The van der Waals surface area contributed by atoms with Crippen LogP contribution in [0, 0.1) is 5.92 Å². The van der Waals surface area contributed by atoms with Crippen LogP contribution in [-0.4, -0.2) is 50.4 Å². The predicted molar refractivity (Wildman–Crippen MR) is 122 cm³/mol. The Balaban J connectivity index is 1.57. The van der Waals surface area contributed by atoms with Crippen molar-refractivity contribution in [3.8, 4) is 11.5 Å². The molecule has 0 aromatic heterocycles. The van der Waals surface area contributed by atoms with E-state index in [0.717, 1.165) is 5.57 Å². The van der Waals surface area contributed by atoms with Gasteiger partial charge in [0.25, 0.3) is 0 Å². The topological polar surface area (TPSA) is 97.4 Å². The lowest BCUT2D eigenvalue weighted by atomic mass is 9.85. The van der Waals surface area contributed by atoms with Gasteiger partial charge in [-0.1, -0.05) is 18.2 Å². The van der Waals surface area contributed by atoms with Crippen molar-refractivity contribution >= 4 is 24.0 Å². The molecule has 1 aromatic carbocycles. The highest BCUT2D eigenvalue weighted by atomic mass is 16.6. The van der Waals surface area contributed by atoms with Crippen LogP contribution in [0.3, 0.4) is 0 Å². The fraction of sp³-hybridized carbons (Fsp3) is 0.346. The van der Waals surface area contributed by atoms with Crippen LogP contribution in [0.5, 0.6) is 11.5 Å². The number of hydrogen-bond donors (Lipinski definition) is 0. The molecule has 0 N–H and O–H groups in total. The summed E-state index contributed by atoms with van der Waals surface area (Å²) in [5.41, 5.74) is 2.23. The average molecular weight is 466 g/mol. The Morgan fingerprint density at radius 3 is 2.56 bits per heavy atom. The second-order valence-electron chi connectivity index (χ2n) is 8.40. The summed E-state index contributed by atoms with van der Waals surface area (Å²) < 4.78 is 27.2. The van der Waals surface area contributed by atoms with Gasteiger partial charge in [-0.25, -0.2) is 14.4 Å². The fourth-order valence-electron chi connectivity index (χ4n) is 4.40. The second kappa shape index (κ2) is 9.59. The zero-order chi connectivity index (χ0) is 24.4. The quantitative estimate of drug-likeness (QED) is 0.282. The van der Waals surface area contributed by atoms with Crippen LogP contribution in [0.4, 0.5) is 0 Å². The molecule has 4 rings (SSSR count). The molecule has 0 spiro atoms. The summed E-state index contributed by atoms with van der Waals surface area (Å²) in [7, 11) is 3.07. The van der Waals surface area contributed by atoms with E-state index in [1.54, 1.807) is 43.5 Å². The third-order valence-corrected chi connectivity index (χ3v) is 6.05. The first kappa shape index (κ1) is 23.4. The molecular formula is C26H26O8. The van der Waals surface area contributed by atoms with E-state index >= 15 is 0 Å². The van der Waals surface area contributed by atoms with Crippen LogP contribution in [-0.2, 0) is 28.6 Å². The Morgan fingerprint density at radius 2 is 1.82 bits per heavy atom. The smallest absolute Gasteiger partial charge is 0.334 e. The molecule has 1 fully saturated rings. The standard InChI is InChI=1S/C26H26O8/c1-14-9-18-12-17(26(29)32-18)13-22-24(15(2)25(28)34-22)21(10-14)33-23(27)8-6-16-5-7-19(30-3)20(11-16)31-4/h5-8,10-12,18,21-22,24H,2,9,13H2,1,3-4H3/b8-6+,14-10+/t18-,21?,22?,24+/m1/s1. The molecule has 2 heterocycles. The first-order valence-corrected chi connectivity index (χ1v) is 10.9. The van der Waals surface area contributed by atoms with Gasteiger partial charge in [-0.2, -0.15) is 0 Å². The second-order valence-corrected chi connectivity index (χ2v) is 8.40. The number of ether oxygens (including phenoxy) is 5. The highest BCUT2D eigenvalue weighted by Crippen LogP contribution is 2.38. The lowest BCUT2D eigenvalue weighted by Crippen LogP contribution is -2.32. The van der Waals surface area contributed by atoms with E-state index in [1.165, 1.54) is 13.2 Å². The predicted octanol–water partition coefficient (Wildman–Crippen LogP) is 3.32. The molecule has 1 aliphatic carbocycles. The first-order chi connectivity index (χ1) is 16.3. The minimum absolute atomic E-state index is 0.174. The van der Waals surface area contributed by atoms with E-state index in [-0.39, 0.29) is 12.0 Å². The number of fused-ring (bicyclic) bond motifs is 2. The molecule has 0 radical (unpaired) electrons. The van der Waals surface area contributed by atoms with Gasteiger partial charge < -0.3 is 23.7 Å². The minimum Gasteiger partial charge on any atom is -0.493 e. The summed E-state index contributed by atoms with van der Waals surface area (Å²) in [5.74, 6) is -1.09. The highest BCUT2D eigenvalue weighted by molar-refractivity contribution is 5.93. The molecule has 0 saturated carbocycles. The van der Waals surface area contributed by atoms with Crippen molar-refractivity contribution in [1.29, 1.82) is 0 Å². The summed E-state index contributed by atoms with van der Waals surface area (Å²) >= 11 is 0. The Bertz CT molecular complexity index is 1130. The normalized spacial score (nSPS) is 27.8. The van der Waals surface area contributed by atoms with E-state index in [2.05, 4.69) is 6.58 Å². The largest absolute Gasteiger partial charge is 0.493 e. The molecule has 2 unspecified atom stereocenters. The first-order valence-electron chi connectivity index (χ1n) is 10.9. The Hall–Kier alpha value is -3.81. The van der Waals surface area contributed by atoms with Gasteiger partial charge in [0.05, 0.1) is 20.1 Å². The Labute approximate surface area is 197 Å². The van der Waals surface area contributed by atoms with Crippen molar-refractivity contribution in [3.05, 3.63) is 65.3 Å². The van der Waals surface area contributed by atoms with Crippen molar-refractivity contribution in [1.82, 2.24) is 0 Å². The monoisotopic (exact) mass is 466 g/mol. The molecule has 2 aliphatic heterocycles. The highest BCUT2D eigenvalue weighted by Gasteiger charge is 2.46. The molecule has 0 amide bonds. The average Bonchev–Trinajstić information content (AvgIpc) is 3.28. The molecule has 178 valence electrons. The number of carbonyl (C=O) groups excluding carboxylic acids is 3. The summed E-state index contributed by atoms with van der Waals surface area (Å²) in [5, 5.41) is 0. The maximum absolute atomic E-state index is 12.8. The fourth-order valence-corrected chi connectivity index (χ4v) is 4.40. The molecule has 1 saturated heterocycles. The van der Waals surface area contributed by atoms with Crippen molar-refractivity contribution in [2.24, 2.45) is 5.92 Å². The third-order valence-electron chi connectivity index (χ3n) is 6.05. The summed E-state index contributed by atoms with van der Waals surface area (Å²) in [6.07, 6.45) is 5.21. The van der Waals surface area contributed by atoms with Gasteiger partial charge in [-0.05, 0) is 42.8 Å². The number of esters is 3. The van der Waals surface area contributed by atoms with Crippen molar-refractivity contribution in [2.45, 2.75) is 38.1 Å². The lowest BCUT2D eigenvalue weighted by Gasteiger charge is -2.25. The molecule has 1 aromatic rings. The number of rotatable bonds is 5. The van der Waals surface area contributed by atoms with Crippen LogP contribution in [0.2, 0.25) is 0 Å². The maximum Gasteiger partial charge on any atom is 0.334 e. The van der Waals surface area contributed by atoms with Crippen LogP contribution >= 0.6 is 0 Å². The van der Waals surface area contributed by atoms with Crippen molar-refractivity contribution in [2.75, 3.05) is 14.2 Å². The summed E-state index contributed by atoms with van der Waals surface area (Å²) in [6.45, 7) is 5.72.